The van der Waals surface area contributed by atoms with Crippen molar-refractivity contribution >= 4 is 17.8 Å². The van der Waals surface area contributed by atoms with Gasteiger partial charge in [0.05, 0.1) is 6.04 Å². The quantitative estimate of drug-likeness (QED) is 0.206. The Labute approximate surface area is 180 Å². The van der Waals surface area contributed by atoms with Crippen molar-refractivity contribution in [2.45, 2.75) is 44.2 Å². The molecule has 1 aliphatic rings. The van der Waals surface area contributed by atoms with Crippen molar-refractivity contribution in [1.82, 2.24) is 15.8 Å². The lowest BCUT2D eigenvalue weighted by atomic mass is 10.0. The standard InChI is InChI=1S/C21H28N6O4/c22-21(23)25-10-1-3-15-12-17(27-31-15)14-7-5-13(6-8-14)11-18(20(29)30)26-19(28)16-4-2-9-24-16/h5-8,12,16,18,24H,1-4,9-11H2,(H,26,28)(H,29,30)(H4,22,23,25). The van der Waals surface area contributed by atoms with Crippen molar-refractivity contribution < 1.29 is 19.2 Å². The Balaban J connectivity index is 1.57. The van der Waals surface area contributed by atoms with Crippen molar-refractivity contribution in [3.05, 3.63) is 41.7 Å². The van der Waals surface area contributed by atoms with Gasteiger partial charge in [-0.3, -0.25) is 9.79 Å². The average molecular weight is 428 g/mol. The largest absolute Gasteiger partial charge is 0.480 e. The van der Waals surface area contributed by atoms with Crippen LogP contribution >= 0.6 is 0 Å². The van der Waals surface area contributed by atoms with Crippen LogP contribution in [-0.4, -0.2) is 53.3 Å². The predicted molar refractivity (Wildman–Crippen MR) is 115 cm³/mol. The number of hydrogen-bond acceptors (Lipinski definition) is 6. The number of carbonyl (C=O) groups excluding carboxylic acids is 1. The molecule has 1 aromatic heterocycles. The van der Waals surface area contributed by atoms with Gasteiger partial charge in [-0.1, -0.05) is 29.4 Å². The molecule has 1 fully saturated rings. The first kappa shape index (κ1) is 22.3. The molecule has 3 rings (SSSR count). The van der Waals surface area contributed by atoms with Crippen molar-refractivity contribution in [3.8, 4) is 11.3 Å². The molecule has 10 nitrogen and oxygen atoms in total. The molecule has 10 heteroatoms. The van der Waals surface area contributed by atoms with Gasteiger partial charge in [0, 0.05) is 31.0 Å². The maximum atomic E-state index is 12.2. The molecule has 2 aromatic rings. The fraction of sp³-hybridized carbons (Fsp3) is 0.429. The number of carbonyl (C=O) groups is 2. The first-order valence-corrected chi connectivity index (χ1v) is 10.3. The van der Waals surface area contributed by atoms with Crippen LogP contribution in [0.2, 0.25) is 0 Å². The van der Waals surface area contributed by atoms with E-state index in [1.807, 2.05) is 30.3 Å². The maximum absolute atomic E-state index is 12.2. The Kier molecular flexibility index (Phi) is 7.60. The van der Waals surface area contributed by atoms with Gasteiger partial charge in [-0.05, 0) is 31.4 Å². The molecule has 1 saturated heterocycles. The van der Waals surface area contributed by atoms with Crippen LogP contribution in [0.5, 0.6) is 0 Å². The van der Waals surface area contributed by atoms with E-state index in [4.69, 9.17) is 16.0 Å². The number of guanidine groups is 1. The number of nitrogens with two attached hydrogens (primary N) is 2. The van der Waals surface area contributed by atoms with Crippen LogP contribution in [0.4, 0.5) is 0 Å². The molecular formula is C21H28N6O4. The number of rotatable bonds is 10. The van der Waals surface area contributed by atoms with Crippen molar-refractivity contribution in [1.29, 1.82) is 0 Å². The highest BCUT2D eigenvalue weighted by Gasteiger charge is 2.27. The zero-order valence-electron chi connectivity index (χ0n) is 17.2. The molecule has 1 amide bonds. The Morgan fingerprint density at radius 1 is 1.32 bits per heavy atom. The van der Waals surface area contributed by atoms with E-state index in [0.717, 1.165) is 42.7 Å². The minimum atomic E-state index is -1.06. The normalized spacial score (nSPS) is 16.6. The number of amides is 1. The highest BCUT2D eigenvalue weighted by molar-refractivity contribution is 5.87. The predicted octanol–water partition coefficient (Wildman–Crippen LogP) is 0.412. The van der Waals surface area contributed by atoms with Gasteiger partial charge in [-0.25, -0.2) is 4.79 Å². The van der Waals surface area contributed by atoms with Crippen LogP contribution in [0.1, 0.15) is 30.6 Å². The number of hydrogen-bond donors (Lipinski definition) is 5. The summed E-state index contributed by atoms with van der Waals surface area (Å²) >= 11 is 0. The Hall–Kier alpha value is -3.40. The van der Waals surface area contributed by atoms with Crippen LogP contribution in [0.25, 0.3) is 11.3 Å². The first-order chi connectivity index (χ1) is 14.9. The molecule has 0 saturated carbocycles. The maximum Gasteiger partial charge on any atom is 0.326 e. The lowest BCUT2D eigenvalue weighted by molar-refractivity contribution is -0.142. The van der Waals surface area contributed by atoms with E-state index in [0.29, 0.717) is 18.7 Å². The van der Waals surface area contributed by atoms with E-state index in [1.165, 1.54) is 0 Å². The monoisotopic (exact) mass is 428 g/mol. The fourth-order valence-corrected chi connectivity index (χ4v) is 3.46. The summed E-state index contributed by atoms with van der Waals surface area (Å²) < 4.78 is 5.35. The van der Waals surface area contributed by atoms with Gasteiger partial charge in [0.2, 0.25) is 5.91 Å². The number of aliphatic carboxylic acids is 1. The van der Waals surface area contributed by atoms with Crippen LogP contribution in [-0.2, 0) is 22.4 Å². The molecular weight excluding hydrogens is 400 g/mol. The van der Waals surface area contributed by atoms with Crippen molar-refractivity contribution in [3.63, 3.8) is 0 Å². The third kappa shape index (κ3) is 6.54. The molecule has 2 heterocycles. The van der Waals surface area contributed by atoms with Gasteiger partial charge in [0.1, 0.15) is 17.5 Å². The first-order valence-electron chi connectivity index (χ1n) is 10.3. The van der Waals surface area contributed by atoms with E-state index in [-0.39, 0.29) is 24.3 Å². The molecule has 0 spiro atoms. The molecule has 1 aromatic carbocycles. The van der Waals surface area contributed by atoms with E-state index >= 15 is 0 Å². The van der Waals surface area contributed by atoms with Crippen molar-refractivity contribution in [2.24, 2.45) is 16.5 Å². The van der Waals surface area contributed by atoms with Gasteiger partial charge in [-0.2, -0.15) is 0 Å². The molecule has 0 bridgehead atoms. The lowest BCUT2D eigenvalue weighted by Crippen LogP contribution is -2.49. The number of aryl methyl sites for hydroxylation is 1. The fourth-order valence-electron chi connectivity index (χ4n) is 3.46. The number of benzene rings is 1. The van der Waals surface area contributed by atoms with Crippen molar-refractivity contribution in [2.75, 3.05) is 13.1 Å². The number of nitrogens with one attached hydrogen (secondary N) is 2. The van der Waals surface area contributed by atoms with E-state index < -0.39 is 12.0 Å². The summed E-state index contributed by atoms with van der Waals surface area (Å²) in [6.07, 6.45) is 3.24. The third-order valence-electron chi connectivity index (χ3n) is 5.12. The molecule has 0 radical (unpaired) electrons. The Morgan fingerprint density at radius 2 is 2.10 bits per heavy atom. The SMILES string of the molecule is NC(N)=NCCCc1cc(-c2ccc(CC(NC(=O)C3CCCN3)C(=O)O)cc2)no1. The molecule has 166 valence electrons. The van der Waals surface area contributed by atoms with Crippen LogP contribution in [0.15, 0.2) is 39.8 Å². The second-order valence-corrected chi connectivity index (χ2v) is 7.54. The smallest absolute Gasteiger partial charge is 0.326 e. The molecule has 2 atom stereocenters. The van der Waals surface area contributed by atoms with Gasteiger partial charge in [-0.15, -0.1) is 0 Å². The van der Waals surface area contributed by atoms with E-state index in [1.54, 1.807) is 0 Å². The highest BCUT2D eigenvalue weighted by Crippen LogP contribution is 2.21. The molecule has 1 aliphatic heterocycles. The molecule has 31 heavy (non-hydrogen) atoms. The summed E-state index contributed by atoms with van der Waals surface area (Å²) in [4.78, 5) is 27.8. The third-order valence-corrected chi connectivity index (χ3v) is 5.12. The summed E-state index contributed by atoms with van der Waals surface area (Å²) in [6.45, 7) is 1.29. The zero-order valence-corrected chi connectivity index (χ0v) is 17.2. The lowest BCUT2D eigenvalue weighted by Gasteiger charge is -2.17. The van der Waals surface area contributed by atoms with E-state index in [9.17, 15) is 14.7 Å². The second-order valence-electron chi connectivity index (χ2n) is 7.54. The summed E-state index contributed by atoms with van der Waals surface area (Å²) in [6, 6.07) is 7.94. The Morgan fingerprint density at radius 3 is 2.74 bits per heavy atom. The van der Waals surface area contributed by atoms with E-state index in [2.05, 4.69) is 20.8 Å². The summed E-state index contributed by atoms with van der Waals surface area (Å²) in [7, 11) is 0. The summed E-state index contributed by atoms with van der Waals surface area (Å²) in [5.41, 5.74) is 12.9. The van der Waals surface area contributed by atoms with Gasteiger partial charge >= 0.3 is 5.97 Å². The van der Waals surface area contributed by atoms with Crippen LogP contribution in [0, 0.1) is 0 Å². The Bertz CT molecular complexity index is 914. The zero-order chi connectivity index (χ0) is 22.2. The minimum Gasteiger partial charge on any atom is -0.480 e. The summed E-state index contributed by atoms with van der Waals surface area (Å²) in [5, 5.41) is 19.3. The van der Waals surface area contributed by atoms with Crippen LogP contribution in [0.3, 0.4) is 0 Å². The number of nitrogens with zero attached hydrogens (tertiary/aromatic N) is 2. The number of aromatic nitrogens is 1. The second kappa shape index (κ2) is 10.6. The topological polar surface area (TPSA) is 169 Å². The van der Waals surface area contributed by atoms with Gasteiger partial charge < -0.3 is 31.7 Å². The average Bonchev–Trinajstić information content (AvgIpc) is 3.43. The molecule has 7 N–H and O–H groups in total. The minimum absolute atomic E-state index is 0.0678. The van der Waals surface area contributed by atoms with Gasteiger partial charge in [0.15, 0.2) is 5.96 Å². The molecule has 0 aliphatic carbocycles. The number of carboxylic acids is 1. The van der Waals surface area contributed by atoms with Gasteiger partial charge in [0.25, 0.3) is 0 Å². The van der Waals surface area contributed by atoms with Crippen LogP contribution < -0.4 is 22.1 Å². The highest BCUT2D eigenvalue weighted by atomic mass is 16.5. The summed E-state index contributed by atoms with van der Waals surface area (Å²) in [5.74, 6) is -0.522. The number of aliphatic imine (C=N–C) groups is 1. The molecule has 2 unspecified atom stereocenters. The number of carboxylic acid groups (broad SMARTS) is 1.